The molecule has 1 aromatic carbocycles. The number of allylic oxidation sites excluding steroid dienone is 1. The molecule has 3 rings (SSSR count). The number of rotatable bonds is 7. The summed E-state index contributed by atoms with van der Waals surface area (Å²) in [5.41, 5.74) is 2.71. The summed E-state index contributed by atoms with van der Waals surface area (Å²) in [5.74, 6) is 1.63. The van der Waals surface area contributed by atoms with Gasteiger partial charge in [-0.15, -0.1) is 0 Å². The first kappa shape index (κ1) is 18.7. The van der Waals surface area contributed by atoms with Gasteiger partial charge < -0.3 is 20.1 Å². The predicted molar refractivity (Wildman–Crippen MR) is 106 cm³/mol. The zero-order chi connectivity index (χ0) is 18.5. The van der Waals surface area contributed by atoms with Crippen molar-refractivity contribution in [2.24, 2.45) is 0 Å². The Kier molecular flexibility index (Phi) is 6.14. The molecule has 1 aliphatic carbocycles. The van der Waals surface area contributed by atoms with E-state index in [0.29, 0.717) is 30.5 Å². The first-order valence-corrected chi connectivity index (χ1v) is 9.78. The molecule has 0 fully saturated rings. The Labute approximate surface area is 160 Å². The molecule has 1 heterocycles. The summed E-state index contributed by atoms with van der Waals surface area (Å²) in [7, 11) is 0. The van der Waals surface area contributed by atoms with Crippen molar-refractivity contribution >= 4 is 23.1 Å². The van der Waals surface area contributed by atoms with E-state index in [-0.39, 0.29) is 11.8 Å². The van der Waals surface area contributed by atoms with Crippen molar-refractivity contribution in [3.63, 3.8) is 0 Å². The minimum absolute atomic E-state index is 0.181. The number of unbranched alkanes of at least 4 members (excludes halogenated alkanes) is 1. The van der Waals surface area contributed by atoms with E-state index < -0.39 is 0 Å². The van der Waals surface area contributed by atoms with E-state index in [1.807, 2.05) is 25.1 Å². The molecule has 0 amide bonds. The average molecular weight is 375 g/mol. The number of carbonyl (C=O) groups is 1. The second-order valence-corrected chi connectivity index (χ2v) is 6.95. The van der Waals surface area contributed by atoms with Crippen LogP contribution in [-0.2, 0) is 4.79 Å². The van der Waals surface area contributed by atoms with Gasteiger partial charge >= 0.3 is 0 Å². The van der Waals surface area contributed by atoms with Crippen LogP contribution in [0.5, 0.6) is 11.5 Å². The summed E-state index contributed by atoms with van der Waals surface area (Å²) < 4.78 is 11.6. The van der Waals surface area contributed by atoms with E-state index >= 15 is 0 Å². The fourth-order valence-electron chi connectivity index (χ4n) is 3.37. The third kappa shape index (κ3) is 4.01. The number of benzene rings is 1. The van der Waals surface area contributed by atoms with Crippen LogP contribution in [0.2, 0.25) is 0 Å². The zero-order valence-corrected chi connectivity index (χ0v) is 16.2. The van der Waals surface area contributed by atoms with Gasteiger partial charge in [0.15, 0.2) is 22.4 Å². The minimum atomic E-state index is -0.240. The van der Waals surface area contributed by atoms with Crippen molar-refractivity contribution in [3.8, 4) is 11.5 Å². The van der Waals surface area contributed by atoms with E-state index in [1.165, 1.54) is 0 Å². The molecule has 140 valence electrons. The normalized spacial score (nSPS) is 19.5. The molecule has 26 heavy (non-hydrogen) atoms. The van der Waals surface area contributed by atoms with Gasteiger partial charge in [-0.3, -0.25) is 4.79 Å². The standard InChI is InChI=1S/C20H26N2O3S/c1-3-5-11-25-16-10-9-13(12-17(16)24-4-2)19-18-14(21-20(26)22-19)7-6-8-15(18)23/h9-10,12,19H,3-8,11H2,1-2H3,(H2,21,22,26). The summed E-state index contributed by atoms with van der Waals surface area (Å²) in [6.45, 7) is 5.30. The van der Waals surface area contributed by atoms with E-state index in [2.05, 4.69) is 17.6 Å². The van der Waals surface area contributed by atoms with Crippen LogP contribution < -0.4 is 20.1 Å². The van der Waals surface area contributed by atoms with Crippen LogP contribution in [0.25, 0.3) is 0 Å². The Bertz CT molecular complexity index is 730. The van der Waals surface area contributed by atoms with Gasteiger partial charge in [0.1, 0.15) is 0 Å². The maximum absolute atomic E-state index is 12.5. The number of thiocarbonyl (C=S) groups is 1. The van der Waals surface area contributed by atoms with Crippen LogP contribution in [0.1, 0.15) is 57.6 Å². The second-order valence-electron chi connectivity index (χ2n) is 6.54. The maximum atomic E-state index is 12.5. The molecule has 1 unspecified atom stereocenters. The lowest BCUT2D eigenvalue weighted by Crippen LogP contribution is -2.46. The van der Waals surface area contributed by atoms with Crippen LogP contribution in [0.3, 0.4) is 0 Å². The molecule has 0 saturated heterocycles. The van der Waals surface area contributed by atoms with Gasteiger partial charge in [-0.05, 0) is 56.1 Å². The molecule has 1 atom stereocenters. The number of ketones is 1. The lowest BCUT2D eigenvalue weighted by atomic mass is 9.85. The molecule has 2 N–H and O–H groups in total. The van der Waals surface area contributed by atoms with E-state index in [4.69, 9.17) is 21.7 Å². The fourth-order valence-corrected chi connectivity index (χ4v) is 3.61. The number of ether oxygens (including phenoxy) is 2. The van der Waals surface area contributed by atoms with E-state index in [9.17, 15) is 4.79 Å². The van der Waals surface area contributed by atoms with Gasteiger partial charge in [-0.2, -0.15) is 0 Å². The molecule has 0 aromatic heterocycles. The lowest BCUT2D eigenvalue weighted by Gasteiger charge is -2.34. The van der Waals surface area contributed by atoms with Gasteiger partial charge in [0.05, 0.1) is 19.3 Å². The van der Waals surface area contributed by atoms with Crippen molar-refractivity contribution < 1.29 is 14.3 Å². The molecule has 0 saturated carbocycles. The lowest BCUT2D eigenvalue weighted by molar-refractivity contribution is -0.116. The SMILES string of the molecule is CCCCOc1ccc(C2NC(=S)NC3=C2C(=O)CCC3)cc1OCC. The van der Waals surface area contributed by atoms with Crippen molar-refractivity contribution in [2.75, 3.05) is 13.2 Å². The summed E-state index contributed by atoms with van der Waals surface area (Å²) in [6, 6.07) is 5.64. The predicted octanol–water partition coefficient (Wildman–Crippen LogP) is 3.79. The highest BCUT2D eigenvalue weighted by Crippen LogP contribution is 2.37. The Balaban J connectivity index is 1.93. The van der Waals surface area contributed by atoms with E-state index in [0.717, 1.165) is 48.3 Å². The number of nitrogens with one attached hydrogen (secondary N) is 2. The van der Waals surface area contributed by atoms with Crippen molar-refractivity contribution in [2.45, 2.75) is 52.0 Å². The summed E-state index contributed by atoms with van der Waals surface area (Å²) in [5, 5.41) is 6.97. The van der Waals surface area contributed by atoms with Crippen LogP contribution in [0, 0.1) is 0 Å². The van der Waals surface area contributed by atoms with Crippen molar-refractivity contribution in [1.82, 2.24) is 10.6 Å². The zero-order valence-electron chi connectivity index (χ0n) is 15.4. The molecular formula is C20H26N2O3S. The molecule has 1 aromatic rings. The van der Waals surface area contributed by atoms with Crippen LogP contribution in [-0.4, -0.2) is 24.1 Å². The smallest absolute Gasteiger partial charge is 0.171 e. The van der Waals surface area contributed by atoms with Gasteiger partial charge in [0, 0.05) is 17.7 Å². The van der Waals surface area contributed by atoms with Gasteiger partial charge in [0.2, 0.25) is 0 Å². The summed E-state index contributed by atoms with van der Waals surface area (Å²) in [6.07, 6.45) is 4.39. The highest BCUT2D eigenvalue weighted by atomic mass is 32.1. The molecular weight excluding hydrogens is 348 g/mol. The Morgan fingerprint density at radius 3 is 2.81 bits per heavy atom. The Hall–Kier alpha value is -2.08. The minimum Gasteiger partial charge on any atom is -0.490 e. The highest BCUT2D eigenvalue weighted by molar-refractivity contribution is 7.80. The van der Waals surface area contributed by atoms with Gasteiger partial charge in [-0.1, -0.05) is 19.4 Å². The molecule has 0 bridgehead atoms. The number of hydrogen-bond acceptors (Lipinski definition) is 4. The maximum Gasteiger partial charge on any atom is 0.171 e. The third-order valence-electron chi connectivity index (χ3n) is 4.64. The monoisotopic (exact) mass is 374 g/mol. The largest absolute Gasteiger partial charge is 0.490 e. The van der Waals surface area contributed by atoms with Gasteiger partial charge in [0.25, 0.3) is 0 Å². The molecule has 6 heteroatoms. The number of Topliss-reactive ketones (excluding diaryl/α,β-unsaturated/α-hetero) is 1. The topological polar surface area (TPSA) is 59.6 Å². The summed E-state index contributed by atoms with van der Waals surface area (Å²) in [4.78, 5) is 12.5. The van der Waals surface area contributed by atoms with Crippen LogP contribution in [0.4, 0.5) is 0 Å². The molecule has 0 radical (unpaired) electrons. The first-order chi connectivity index (χ1) is 12.6. The number of carbonyl (C=O) groups excluding carboxylic acids is 1. The first-order valence-electron chi connectivity index (χ1n) is 9.37. The van der Waals surface area contributed by atoms with Crippen molar-refractivity contribution in [1.29, 1.82) is 0 Å². The van der Waals surface area contributed by atoms with Crippen molar-refractivity contribution in [3.05, 3.63) is 35.0 Å². The molecule has 2 aliphatic rings. The van der Waals surface area contributed by atoms with Crippen LogP contribution >= 0.6 is 12.2 Å². The number of hydrogen-bond donors (Lipinski definition) is 2. The van der Waals surface area contributed by atoms with E-state index in [1.54, 1.807) is 0 Å². The molecule has 0 spiro atoms. The second kappa shape index (κ2) is 8.54. The third-order valence-corrected chi connectivity index (χ3v) is 4.86. The highest BCUT2D eigenvalue weighted by Gasteiger charge is 2.33. The molecule has 1 aliphatic heterocycles. The van der Waals surface area contributed by atoms with Gasteiger partial charge in [-0.25, -0.2) is 0 Å². The quantitative estimate of drug-likeness (QED) is 0.559. The fraction of sp³-hybridized carbons (Fsp3) is 0.500. The average Bonchev–Trinajstić information content (AvgIpc) is 2.62. The van der Waals surface area contributed by atoms with Crippen LogP contribution in [0.15, 0.2) is 29.5 Å². The Morgan fingerprint density at radius 1 is 1.19 bits per heavy atom. The Morgan fingerprint density at radius 2 is 2.04 bits per heavy atom. The molecule has 5 nitrogen and oxygen atoms in total. The summed E-state index contributed by atoms with van der Waals surface area (Å²) >= 11 is 5.35.